The highest BCUT2D eigenvalue weighted by Crippen LogP contribution is 2.22. The number of hydrogen-bond donors (Lipinski definition) is 1. The summed E-state index contributed by atoms with van der Waals surface area (Å²) in [6, 6.07) is 0. The molecule has 1 aliphatic heterocycles. The highest BCUT2D eigenvalue weighted by Gasteiger charge is 2.44. The first-order chi connectivity index (χ1) is 5.42. The van der Waals surface area contributed by atoms with E-state index in [1.54, 1.807) is 0 Å². The Balaban J connectivity index is 2.55. The maximum absolute atomic E-state index is 10.9. The van der Waals surface area contributed by atoms with Gasteiger partial charge in [-0.3, -0.25) is 14.9 Å². The molecule has 0 saturated carbocycles. The van der Waals surface area contributed by atoms with Gasteiger partial charge in [-0.1, -0.05) is 0 Å². The van der Waals surface area contributed by atoms with E-state index in [1.807, 2.05) is 0 Å². The predicted molar refractivity (Wildman–Crippen MR) is 39.0 cm³/mol. The molecule has 0 aromatic carbocycles. The first-order valence-corrected chi connectivity index (χ1v) is 3.53. The fraction of sp³-hybridized carbons (Fsp3) is 0.833. The summed E-state index contributed by atoms with van der Waals surface area (Å²) in [5.41, 5.74) is 4.44. The molecule has 0 amide bonds. The number of carbonyl (C=O) groups is 1. The SMILES string of the molecule is CC1(N)C[C@@H](C[N+](=O)[O-])OC1=O. The van der Waals surface area contributed by atoms with E-state index >= 15 is 0 Å². The average molecular weight is 174 g/mol. The zero-order valence-electron chi connectivity index (χ0n) is 6.65. The molecule has 1 rings (SSSR count). The van der Waals surface area contributed by atoms with Crippen LogP contribution in [0.5, 0.6) is 0 Å². The molecule has 12 heavy (non-hydrogen) atoms. The van der Waals surface area contributed by atoms with Gasteiger partial charge in [0.05, 0.1) is 0 Å². The average Bonchev–Trinajstić information content (AvgIpc) is 2.04. The fourth-order valence-corrected chi connectivity index (χ4v) is 1.15. The van der Waals surface area contributed by atoms with Crippen molar-refractivity contribution in [2.24, 2.45) is 5.73 Å². The van der Waals surface area contributed by atoms with Crippen molar-refractivity contribution in [3.63, 3.8) is 0 Å². The van der Waals surface area contributed by atoms with Crippen LogP contribution in [-0.2, 0) is 9.53 Å². The number of hydrogen-bond acceptors (Lipinski definition) is 5. The lowest BCUT2D eigenvalue weighted by Gasteiger charge is -2.09. The minimum Gasteiger partial charge on any atom is -0.454 e. The van der Waals surface area contributed by atoms with Crippen molar-refractivity contribution in [3.05, 3.63) is 10.1 Å². The van der Waals surface area contributed by atoms with Gasteiger partial charge < -0.3 is 10.5 Å². The molecular weight excluding hydrogens is 164 g/mol. The van der Waals surface area contributed by atoms with E-state index in [1.165, 1.54) is 6.92 Å². The van der Waals surface area contributed by atoms with Crippen LogP contribution in [0, 0.1) is 10.1 Å². The Kier molecular flexibility index (Phi) is 2.01. The fourth-order valence-electron chi connectivity index (χ4n) is 1.15. The highest BCUT2D eigenvalue weighted by molar-refractivity contribution is 5.82. The number of nitro groups is 1. The van der Waals surface area contributed by atoms with Crippen molar-refractivity contribution in [2.75, 3.05) is 6.54 Å². The summed E-state index contributed by atoms with van der Waals surface area (Å²) < 4.78 is 4.68. The van der Waals surface area contributed by atoms with E-state index in [0.29, 0.717) is 0 Å². The van der Waals surface area contributed by atoms with E-state index in [2.05, 4.69) is 4.74 Å². The van der Waals surface area contributed by atoms with Gasteiger partial charge in [-0.2, -0.15) is 0 Å². The van der Waals surface area contributed by atoms with Gasteiger partial charge in [0.2, 0.25) is 6.54 Å². The quantitative estimate of drug-likeness (QED) is 0.339. The lowest BCUT2D eigenvalue weighted by molar-refractivity contribution is -0.489. The second-order valence-corrected chi connectivity index (χ2v) is 3.16. The molecule has 1 saturated heterocycles. The Labute approximate surface area is 68.8 Å². The van der Waals surface area contributed by atoms with Crippen molar-refractivity contribution < 1.29 is 14.5 Å². The maximum Gasteiger partial charge on any atom is 0.326 e. The minimum absolute atomic E-state index is 0.215. The molecule has 1 aliphatic rings. The van der Waals surface area contributed by atoms with E-state index < -0.39 is 22.5 Å². The standard InChI is InChI=1S/C6H10N2O4/c1-6(7)2-4(3-8(10)11)12-5(6)9/h4H,2-3,7H2,1H3/t4-,6?/m0/s1. The van der Waals surface area contributed by atoms with Crippen LogP contribution in [-0.4, -0.2) is 29.1 Å². The maximum atomic E-state index is 10.9. The molecule has 6 nitrogen and oxygen atoms in total. The number of rotatable bonds is 2. The summed E-state index contributed by atoms with van der Waals surface area (Å²) in [6.07, 6.45) is -0.449. The first-order valence-electron chi connectivity index (χ1n) is 3.53. The van der Waals surface area contributed by atoms with E-state index in [4.69, 9.17) is 5.73 Å². The van der Waals surface area contributed by atoms with Crippen LogP contribution >= 0.6 is 0 Å². The van der Waals surface area contributed by atoms with Gasteiger partial charge in [0, 0.05) is 11.3 Å². The minimum atomic E-state index is -1.05. The first kappa shape index (κ1) is 8.92. The molecule has 1 fully saturated rings. The molecule has 0 aliphatic carbocycles. The molecule has 68 valence electrons. The molecule has 1 unspecified atom stereocenters. The molecule has 0 bridgehead atoms. The van der Waals surface area contributed by atoms with Gasteiger partial charge in [0.15, 0.2) is 6.10 Å². The van der Waals surface area contributed by atoms with E-state index in [0.717, 1.165) is 0 Å². The van der Waals surface area contributed by atoms with Crippen molar-refractivity contribution in [3.8, 4) is 0 Å². The zero-order chi connectivity index (χ0) is 9.35. The number of nitrogens with two attached hydrogens (primary N) is 1. The monoisotopic (exact) mass is 174 g/mol. The molecule has 2 atom stereocenters. The van der Waals surface area contributed by atoms with Gasteiger partial charge in [0.1, 0.15) is 5.54 Å². The van der Waals surface area contributed by atoms with Crippen LogP contribution in [0.2, 0.25) is 0 Å². The molecule has 1 heterocycles. The normalized spacial score (nSPS) is 34.8. The Morgan fingerprint density at radius 1 is 1.92 bits per heavy atom. The topological polar surface area (TPSA) is 95.5 Å². The zero-order valence-corrected chi connectivity index (χ0v) is 6.65. The molecule has 0 aromatic heterocycles. The van der Waals surface area contributed by atoms with Crippen LogP contribution in [0.3, 0.4) is 0 Å². The molecule has 6 heteroatoms. The third kappa shape index (κ3) is 1.70. The van der Waals surface area contributed by atoms with Gasteiger partial charge in [-0.25, -0.2) is 0 Å². The number of carbonyl (C=O) groups excluding carboxylic acids is 1. The Morgan fingerprint density at radius 2 is 2.50 bits per heavy atom. The van der Waals surface area contributed by atoms with Gasteiger partial charge in [-0.15, -0.1) is 0 Å². The Bertz CT molecular complexity index is 226. The van der Waals surface area contributed by atoms with Crippen LogP contribution in [0.15, 0.2) is 0 Å². The summed E-state index contributed by atoms with van der Waals surface area (Å²) in [5.74, 6) is -0.561. The van der Waals surface area contributed by atoms with Crippen molar-refractivity contribution in [1.29, 1.82) is 0 Å². The van der Waals surface area contributed by atoms with Crippen LogP contribution < -0.4 is 5.73 Å². The summed E-state index contributed by atoms with van der Waals surface area (Å²) in [4.78, 5) is 20.4. The van der Waals surface area contributed by atoms with Gasteiger partial charge in [0.25, 0.3) is 0 Å². The lowest BCUT2D eigenvalue weighted by atomic mass is 10.00. The summed E-state index contributed by atoms with van der Waals surface area (Å²) >= 11 is 0. The smallest absolute Gasteiger partial charge is 0.326 e. The number of ether oxygens (including phenoxy) is 1. The Morgan fingerprint density at radius 3 is 2.83 bits per heavy atom. The molecular formula is C6H10N2O4. The lowest BCUT2D eigenvalue weighted by Crippen LogP contribution is -2.40. The number of nitrogens with zero attached hydrogens (tertiary/aromatic N) is 1. The number of esters is 1. The third-order valence-electron chi connectivity index (χ3n) is 1.74. The summed E-state index contributed by atoms with van der Waals surface area (Å²) in [5, 5.41) is 10.0. The largest absolute Gasteiger partial charge is 0.454 e. The van der Waals surface area contributed by atoms with Crippen molar-refractivity contribution in [2.45, 2.75) is 25.0 Å². The highest BCUT2D eigenvalue weighted by atomic mass is 16.6. The molecule has 2 N–H and O–H groups in total. The second-order valence-electron chi connectivity index (χ2n) is 3.16. The van der Waals surface area contributed by atoms with E-state index in [-0.39, 0.29) is 13.0 Å². The summed E-state index contributed by atoms with van der Waals surface area (Å²) in [6.45, 7) is 1.15. The molecule has 0 radical (unpaired) electrons. The third-order valence-corrected chi connectivity index (χ3v) is 1.74. The van der Waals surface area contributed by atoms with E-state index in [9.17, 15) is 14.9 Å². The van der Waals surface area contributed by atoms with Gasteiger partial charge >= 0.3 is 5.97 Å². The summed E-state index contributed by atoms with van der Waals surface area (Å²) in [7, 11) is 0. The molecule has 0 spiro atoms. The van der Waals surface area contributed by atoms with Gasteiger partial charge in [-0.05, 0) is 6.92 Å². The van der Waals surface area contributed by atoms with Crippen molar-refractivity contribution >= 4 is 5.97 Å². The van der Waals surface area contributed by atoms with Crippen LogP contribution in [0.25, 0.3) is 0 Å². The van der Waals surface area contributed by atoms with Crippen LogP contribution in [0.4, 0.5) is 0 Å². The predicted octanol–water partition coefficient (Wildman–Crippen LogP) is -0.704. The Hall–Kier alpha value is -1.17. The second kappa shape index (κ2) is 2.71. The van der Waals surface area contributed by atoms with Crippen LogP contribution in [0.1, 0.15) is 13.3 Å². The van der Waals surface area contributed by atoms with Crippen molar-refractivity contribution in [1.82, 2.24) is 0 Å². The number of cyclic esters (lactones) is 1. The molecule has 0 aromatic rings.